The normalized spacial score (nSPS) is 19.1. The molecule has 2 aliphatic rings. The number of likely N-dealkylation sites (tertiary alicyclic amines) is 1. The molecule has 1 fully saturated rings. The van der Waals surface area contributed by atoms with E-state index in [0.717, 1.165) is 25.9 Å². The van der Waals surface area contributed by atoms with Gasteiger partial charge in [-0.15, -0.1) is 0 Å². The lowest BCUT2D eigenvalue weighted by Crippen LogP contribution is -2.38. The minimum atomic E-state index is -0.186. The van der Waals surface area contributed by atoms with Crippen molar-refractivity contribution in [2.75, 3.05) is 25.0 Å². The SMILES string of the molecule is CC1CCN(C(=O)c2cccc3c2OCC(=O)N3)CC1. The zero-order valence-electron chi connectivity index (χ0n) is 11.5. The van der Waals surface area contributed by atoms with Crippen LogP contribution in [0.1, 0.15) is 30.1 Å². The van der Waals surface area contributed by atoms with E-state index in [1.54, 1.807) is 18.2 Å². The van der Waals surface area contributed by atoms with Gasteiger partial charge in [-0.25, -0.2) is 0 Å². The van der Waals surface area contributed by atoms with Gasteiger partial charge in [0.2, 0.25) is 0 Å². The van der Waals surface area contributed by atoms with E-state index in [2.05, 4.69) is 12.2 Å². The Morgan fingerprint density at radius 3 is 2.85 bits per heavy atom. The molecule has 5 nitrogen and oxygen atoms in total. The maximum atomic E-state index is 12.6. The van der Waals surface area contributed by atoms with Crippen molar-refractivity contribution in [3.63, 3.8) is 0 Å². The molecule has 1 aromatic rings. The van der Waals surface area contributed by atoms with Crippen molar-refractivity contribution in [1.29, 1.82) is 0 Å². The average Bonchev–Trinajstić information content (AvgIpc) is 2.46. The minimum Gasteiger partial charge on any atom is -0.481 e. The van der Waals surface area contributed by atoms with Crippen molar-refractivity contribution in [3.8, 4) is 5.75 Å². The quantitative estimate of drug-likeness (QED) is 0.850. The number of hydrogen-bond acceptors (Lipinski definition) is 3. The summed E-state index contributed by atoms with van der Waals surface area (Å²) in [5, 5.41) is 2.73. The fraction of sp³-hybridized carbons (Fsp3) is 0.467. The second kappa shape index (κ2) is 5.15. The molecule has 3 rings (SSSR count). The Bertz CT molecular complexity index is 548. The van der Waals surface area contributed by atoms with E-state index >= 15 is 0 Å². The number of benzene rings is 1. The summed E-state index contributed by atoms with van der Waals surface area (Å²) in [6.07, 6.45) is 2.08. The Morgan fingerprint density at radius 1 is 1.35 bits per heavy atom. The van der Waals surface area contributed by atoms with Crippen molar-refractivity contribution in [3.05, 3.63) is 23.8 Å². The summed E-state index contributed by atoms with van der Waals surface area (Å²) >= 11 is 0. The molecule has 1 saturated heterocycles. The Kier molecular flexibility index (Phi) is 3.34. The van der Waals surface area contributed by atoms with Crippen LogP contribution in [0, 0.1) is 5.92 Å². The number of carbonyl (C=O) groups is 2. The molecule has 5 heteroatoms. The lowest BCUT2D eigenvalue weighted by atomic mass is 9.98. The third-order valence-electron chi connectivity index (χ3n) is 3.94. The molecule has 2 amide bonds. The first-order valence-electron chi connectivity index (χ1n) is 7.00. The monoisotopic (exact) mass is 274 g/mol. The maximum absolute atomic E-state index is 12.6. The van der Waals surface area contributed by atoms with Crippen LogP contribution in [0.5, 0.6) is 5.75 Å². The van der Waals surface area contributed by atoms with Crippen LogP contribution in [0.3, 0.4) is 0 Å². The number of fused-ring (bicyclic) bond motifs is 1. The molecular weight excluding hydrogens is 256 g/mol. The average molecular weight is 274 g/mol. The summed E-state index contributed by atoms with van der Waals surface area (Å²) in [5.41, 5.74) is 1.12. The van der Waals surface area contributed by atoms with Gasteiger partial charge in [-0.2, -0.15) is 0 Å². The molecule has 1 aromatic carbocycles. The van der Waals surface area contributed by atoms with Crippen LogP contribution in [0.25, 0.3) is 0 Å². The molecule has 20 heavy (non-hydrogen) atoms. The van der Waals surface area contributed by atoms with E-state index in [1.807, 2.05) is 4.90 Å². The van der Waals surface area contributed by atoms with E-state index in [4.69, 9.17) is 4.74 Å². The van der Waals surface area contributed by atoms with Gasteiger partial charge < -0.3 is 15.0 Å². The molecule has 1 N–H and O–H groups in total. The molecule has 2 heterocycles. The Hall–Kier alpha value is -2.04. The van der Waals surface area contributed by atoms with Crippen LogP contribution >= 0.6 is 0 Å². The van der Waals surface area contributed by atoms with Gasteiger partial charge in [-0.3, -0.25) is 9.59 Å². The number of hydrogen-bond donors (Lipinski definition) is 1. The molecule has 0 atom stereocenters. The molecule has 0 aromatic heterocycles. The highest BCUT2D eigenvalue weighted by molar-refractivity contribution is 6.03. The predicted octanol–water partition coefficient (Wildman–Crippen LogP) is 1.89. The van der Waals surface area contributed by atoms with Crippen LogP contribution < -0.4 is 10.1 Å². The number of ether oxygens (including phenoxy) is 1. The van der Waals surface area contributed by atoms with Crippen LogP contribution in [-0.2, 0) is 4.79 Å². The number of piperidine rings is 1. The number of nitrogens with zero attached hydrogens (tertiary/aromatic N) is 1. The van der Waals surface area contributed by atoms with Gasteiger partial charge >= 0.3 is 0 Å². The predicted molar refractivity (Wildman–Crippen MR) is 74.9 cm³/mol. The van der Waals surface area contributed by atoms with Crippen LogP contribution in [0.15, 0.2) is 18.2 Å². The van der Waals surface area contributed by atoms with Gasteiger partial charge in [-0.05, 0) is 30.9 Å². The van der Waals surface area contributed by atoms with Gasteiger partial charge in [0.15, 0.2) is 12.4 Å². The standard InChI is InChI=1S/C15H18N2O3/c1-10-5-7-17(8-6-10)15(19)11-3-2-4-12-14(11)20-9-13(18)16-12/h2-4,10H,5-9H2,1H3,(H,16,18). The first-order valence-corrected chi connectivity index (χ1v) is 7.00. The van der Waals surface area contributed by atoms with Crippen molar-refractivity contribution in [2.24, 2.45) is 5.92 Å². The molecule has 0 bridgehead atoms. The summed E-state index contributed by atoms with van der Waals surface area (Å²) in [6.45, 7) is 3.76. The molecule has 0 saturated carbocycles. The van der Waals surface area contributed by atoms with Crippen LogP contribution in [0.2, 0.25) is 0 Å². The van der Waals surface area contributed by atoms with E-state index in [1.165, 1.54) is 0 Å². The first-order chi connectivity index (χ1) is 9.65. The lowest BCUT2D eigenvalue weighted by Gasteiger charge is -2.31. The van der Waals surface area contributed by atoms with E-state index in [0.29, 0.717) is 22.9 Å². The van der Waals surface area contributed by atoms with E-state index < -0.39 is 0 Å². The van der Waals surface area contributed by atoms with Gasteiger partial charge in [0.05, 0.1) is 11.3 Å². The fourth-order valence-electron chi connectivity index (χ4n) is 2.67. The van der Waals surface area contributed by atoms with Gasteiger partial charge in [0, 0.05) is 13.1 Å². The Balaban J connectivity index is 1.85. The largest absolute Gasteiger partial charge is 0.481 e. The Morgan fingerprint density at radius 2 is 2.10 bits per heavy atom. The van der Waals surface area contributed by atoms with Gasteiger partial charge in [0.25, 0.3) is 11.8 Å². The van der Waals surface area contributed by atoms with Crippen molar-refractivity contribution in [2.45, 2.75) is 19.8 Å². The summed E-state index contributed by atoms with van der Waals surface area (Å²) in [4.78, 5) is 25.8. The fourth-order valence-corrected chi connectivity index (χ4v) is 2.67. The third kappa shape index (κ3) is 2.35. The van der Waals surface area contributed by atoms with E-state index in [9.17, 15) is 9.59 Å². The molecule has 0 unspecified atom stereocenters. The number of anilines is 1. The first kappa shape index (κ1) is 13.0. The number of nitrogens with one attached hydrogen (secondary N) is 1. The second-order valence-electron chi connectivity index (χ2n) is 5.49. The molecular formula is C15H18N2O3. The van der Waals surface area contributed by atoms with Crippen molar-refractivity contribution in [1.82, 2.24) is 4.90 Å². The van der Waals surface area contributed by atoms with Crippen molar-refractivity contribution >= 4 is 17.5 Å². The molecule has 106 valence electrons. The van der Waals surface area contributed by atoms with Gasteiger partial charge in [0.1, 0.15) is 0 Å². The summed E-state index contributed by atoms with van der Waals surface area (Å²) < 4.78 is 5.44. The summed E-state index contributed by atoms with van der Waals surface area (Å²) in [7, 11) is 0. The topological polar surface area (TPSA) is 58.6 Å². The smallest absolute Gasteiger partial charge is 0.262 e. The minimum absolute atomic E-state index is 0.00935. The molecule has 0 aliphatic carbocycles. The molecule has 0 radical (unpaired) electrons. The number of rotatable bonds is 1. The molecule has 0 spiro atoms. The third-order valence-corrected chi connectivity index (χ3v) is 3.94. The lowest BCUT2D eigenvalue weighted by molar-refractivity contribution is -0.118. The number of amides is 2. The van der Waals surface area contributed by atoms with Crippen molar-refractivity contribution < 1.29 is 14.3 Å². The molecule has 2 aliphatic heterocycles. The highest BCUT2D eigenvalue weighted by atomic mass is 16.5. The number of carbonyl (C=O) groups excluding carboxylic acids is 2. The zero-order chi connectivity index (χ0) is 14.1. The summed E-state index contributed by atoms with van der Waals surface area (Å²) in [5.74, 6) is 0.980. The maximum Gasteiger partial charge on any atom is 0.262 e. The highest BCUT2D eigenvalue weighted by Gasteiger charge is 2.27. The van der Waals surface area contributed by atoms with E-state index in [-0.39, 0.29) is 18.4 Å². The zero-order valence-corrected chi connectivity index (χ0v) is 11.5. The highest BCUT2D eigenvalue weighted by Crippen LogP contribution is 2.33. The number of para-hydroxylation sites is 1. The van der Waals surface area contributed by atoms with Crippen LogP contribution in [-0.4, -0.2) is 36.4 Å². The summed E-state index contributed by atoms with van der Waals surface area (Å²) in [6, 6.07) is 5.28. The van der Waals surface area contributed by atoms with Gasteiger partial charge in [-0.1, -0.05) is 13.0 Å². The second-order valence-corrected chi connectivity index (χ2v) is 5.49. The van der Waals surface area contributed by atoms with Crippen LogP contribution in [0.4, 0.5) is 5.69 Å². The Labute approximate surface area is 117 Å².